The Balaban J connectivity index is 1.54. The molecule has 0 atom stereocenters. The zero-order valence-corrected chi connectivity index (χ0v) is 15.1. The van der Waals surface area contributed by atoms with Gasteiger partial charge in [0, 0.05) is 25.6 Å². The summed E-state index contributed by atoms with van der Waals surface area (Å²) in [4.78, 5) is 48.8. The van der Waals surface area contributed by atoms with Crippen LogP contribution >= 0.6 is 0 Å². The first-order valence-electron chi connectivity index (χ1n) is 8.69. The molecule has 1 heterocycles. The Bertz CT molecular complexity index is 939. The first-order valence-corrected chi connectivity index (χ1v) is 8.69. The maximum Gasteiger partial charge on any atom is 0.261 e. The van der Waals surface area contributed by atoms with Crippen molar-refractivity contribution in [1.82, 2.24) is 4.90 Å². The molecule has 0 unspecified atom stereocenters. The predicted octanol–water partition coefficient (Wildman–Crippen LogP) is 2.80. The second-order valence-electron chi connectivity index (χ2n) is 6.34. The lowest BCUT2D eigenvalue weighted by Gasteiger charge is -2.13. The van der Waals surface area contributed by atoms with Crippen LogP contribution in [0.25, 0.3) is 0 Å². The molecule has 0 bridgehead atoms. The van der Waals surface area contributed by atoms with Crippen molar-refractivity contribution in [3.63, 3.8) is 0 Å². The third kappa shape index (κ3) is 4.06. The third-order valence-electron chi connectivity index (χ3n) is 4.22. The quantitative estimate of drug-likeness (QED) is 0.750. The standard InChI is InChI=1S/C20H18FN3O4/c1-12(25)22-17-11-13(8-9-16(17)21)23-18(26)7-4-10-24-19(27)14-5-2-3-6-15(14)20(24)28/h2-3,5-6,8-9,11H,4,7,10H2,1H3,(H,22,25)(H,23,26). The lowest BCUT2D eigenvalue weighted by atomic mass is 10.1. The number of benzene rings is 2. The van der Waals surface area contributed by atoms with E-state index < -0.39 is 11.7 Å². The third-order valence-corrected chi connectivity index (χ3v) is 4.22. The van der Waals surface area contributed by atoms with E-state index in [1.807, 2.05) is 0 Å². The van der Waals surface area contributed by atoms with E-state index in [2.05, 4.69) is 10.6 Å². The van der Waals surface area contributed by atoms with E-state index >= 15 is 0 Å². The maximum absolute atomic E-state index is 13.6. The Morgan fingerprint density at radius 2 is 1.64 bits per heavy atom. The van der Waals surface area contributed by atoms with Crippen LogP contribution in [0, 0.1) is 5.82 Å². The topological polar surface area (TPSA) is 95.6 Å². The number of hydrogen-bond donors (Lipinski definition) is 2. The molecule has 0 radical (unpaired) electrons. The lowest BCUT2D eigenvalue weighted by molar-refractivity contribution is -0.116. The Kier molecular flexibility index (Phi) is 5.49. The van der Waals surface area contributed by atoms with Gasteiger partial charge in [-0.05, 0) is 36.8 Å². The van der Waals surface area contributed by atoms with Crippen molar-refractivity contribution >= 4 is 35.0 Å². The number of hydrogen-bond acceptors (Lipinski definition) is 4. The van der Waals surface area contributed by atoms with Gasteiger partial charge in [-0.2, -0.15) is 0 Å². The van der Waals surface area contributed by atoms with Gasteiger partial charge < -0.3 is 10.6 Å². The van der Waals surface area contributed by atoms with E-state index in [0.29, 0.717) is 16.8 Å². The minimum absolute atomic E-state index is 0.0312. The molecule has 144 valence electrons. The summed E-state index contributed by atoms with van der Waals surface area (Å²) >= 11 is 0. The summed E-state index contributed by atoms with van der Waals surface area (Å²) in [5.41, 5.74) is 1.04. The Morgan fingerprint density at radius 3 is 2.25 bits per heavy atom. The summed E-state index contributed by atoms with van der Waals surface area (Å²) in [5, 5.41) is 4.94. The predicted molar refractivity (Wildman–Crippen MR) is 100 cm³/mol. The molecule has 1 aliphatic heterocycles. The number of anilines is 2. The number of rotatable bonds is 6. The number of fused-ring (bicyclic) bond motifs is 1. The van der Waals surface area contributed by atoms with Gasteiger partial charge in [0.05, 0.1) is 16.8 Å². The molecule has 0 aliphatic carbocycles. The summed E-state index contributed by atoms with van der Waals surface area (Å²) in [5.74, 6) is -2.11. The molecule has 0 spiro atoms. The Hall–Kier alpha value is -3.55. The van der Waals surface area contributed by atoms with Gasteiger partial charge in [-0.25, -0.2) is 4.39 Å². The van der Waals surface area contributed by atoms with E-state index in [0.717, 1.165) is 11.0 Å². The first kappa shape index (κ1) is 19.2. The van der Waals surface area contributed by atoms with Crippen molar-refractivity contribution in [2.45, 2.75) is 19.8 Å². The zero-order chi connectivity index (χ0) is 20.3. The monoisotopic (exact) mass is 383 g/mol. The van der Waals surface area contributed by atoms with Gasteiger partial charge in [0.15, 0.2) is 0 Å². The molecule has 0 saturated heterocycles. The average molecular weight is 383 g/mol. The zero-order valence-electron chi connectivity index (χ0n) is 15.1. The van der Waals surface area contributed by atoms with Crippen molar-refractivity contribution < 1.29 is 23.6 Å². The van der Waals surface area contributed by atoms with Crippen LogP contribution in [-0.2, 0) is 9.59 Å². The summed E-state index contributed by atoms with van der Waals surface area (Å²) in [6.45, 7) is 1.38. The Labute approximate surface area is 160 Å². The van der Waals surface area contributed by atoms with Gasteiger partial charge in [-0.3, -0.25) is 24.1 Å². The smallest absolute Gasteiger partial charge is 0.261 e. The maximum atomic E-state index is 13.6. The van der Waals surface area contributed by atoms with Gasteiger partial charge in [0.25, 0.3) is 11.8 Å². The normalized spacial score (nSPS) is 12.7. The van der Waals surface area contributed by atoms with Crippen molar-refractivity contribution in [2.75, 3.05) is 17.2 Å². The highest BCUT2D eigenvalue weighted by molar-refractivity contribution is 6.21. The number of carbonyl (C=O) groups is 4. The number of carbonyl (C=O) groups excluding carboxylic acids is 4. The average Bonchev–Trinajstić information content (AvgIpc) is 2.89. The molecule has 3 rings (SSSR count). The number of halogens is 1. The van der Waals surface area contributed by atoms with Crippen LogP contribution in [0.2, 0.25) is 0 Å². The van der Waals surface area contributed by atoms with E-state index in [-0.39, 0.29) is 42.8 Å². The van der Waals surface area contributed by atoms with Gasteiger partial charge >= 0.3 is 0 Å². The second-order valence-corrected chi connectivity index (χ2v) is 6.34. The molecule has 8 heteroatoms. The van der Waals surface area contributed by atoms with E-state index in [1.165, 1.54) is 19.1 Å². The molecule has 2 N–H and O–H groups in total. The molecular formula is C20H18FN3O4. The minimum Gasteiger partial charge on any atom is -0.326 e. The largest absolute Gasteiger partial charge is 0.326 e. The van der Waals surface area contributed by atoms with Gasteiger partial charge in [-0.15, -0.1) is 0 Å². The van der Waals surface area contributed by atoms with E-state index in [1.54, 1.807) is 24.3 Å². The van der Waals surface area contributed by atoms with Crippen LogP contribution in [0.3, 0.4) is 0 Å². The van der Waals surface area contributed by atoms with Crippen molar-refractivity contribution in [1.29, 1.82) is 0 Å². The van der Waals surface area contributed by atoms with Crippen LogP contribution in [0.4, 0.5) is 15.8 Å². The highest BCUT2D eigenvalue weighted by Crippen LogP contribution is 2.23. The van der Waals surface area contributed by atoms with Crippen LogP contribution < -0.4 is 10.6 Å². The van der Waals surface area contributed by atoms with Gasteiger partial charge in [0.2, 0.25) is 11.8 Å². The second kappa shape index (κ2) is 7.99. The fraction of sp³-hybridized carbons (Fsp3) is 0.200. The molecular weight excluding hydrogens is 365 g/mol. The van der Waals surface area contributed by atoms with E-state index in [4.69, 9.17) is 0 Å². The number of nitrogens with one attached hydrogen (secondary N) is 2. The number of nitrogens with zero attached hydrogens (tertiary/aromatic N) is 1. The molecule has 2 aromatic rings. The molecule has 0 saturated carbocycles. The molecule has 28 heavy (non-hydrogen) atoms. The van der Waals surface area contributed by atoms with Crippen molar-refractivity contribution in [3.05, 3.63) is 59.4 Å². The lowest BCUT2D eigenvalue weighted by Crippen LogP contribution is -2.31. The van der Waals surface area contributed by atoms with Crippen LogP contribution in [0.1, 0.15) is 40.5 Å². The highest BCUT2D eigenvalue weighted by atomic mass is 19.1. The molecule has 0 aromatic heterocycles. The molecule has 0 fully saturated rings. The summed E-state index contributed by atoms with van der Waals surface area (Å²) < 4.78 is 13.6. The SMILES string of the molecule is CC(=O)Nc1cc(NC(=O)CCCN2C(=O)c3ccccc3C2=O)ccc1F. The highest BCUT2D eigenvalue weighted by Gasteiger charge is 2.34. The minimum atomic E-state index is -0.612. The van der Waals surface area contributed by atoms with Crippen molar-refractivity contribution in [2.24, 2.45) is 0 Å². The van der Waals surface area contributed by atoms with Crippen LogP contribution in [0.15, 0.2) is 42.5 Å². The van der Waals surface area contributed by atoms with Crippen LogP contribution in [0.5, 0.6) is 0 Å². The molecule has 4 amide bonds. The fourth-order valence-electron chi connectivity index (χ4n) is 2.95. The fourth-order valence-corrected chi connectivity index (χ4v) is 2.95. The molecule has 7 nitrogen and oxygen atoms in total. The Morgan fingerprint density at radius 1 is 1.00 bits per heavy atom. The number of imide groups is 1. The first-order chi connectivity index (χ1) is 13.4. The van der Waals surface area contributed by atoms with E-state index in [9.17, 15) is 23.6 Å². The summed E-state index contributed by atoms with van der Waals surface area (Å²) in [7, 11) is 0. The van der Waals surface area contributed by atoms with Crippen LogP contribution in [-0.4, -0.2) is 35.1 Å². The molecule has 2 aromatic carbocycles. The van der Waals surface area contributed by atoms with Crippen molar-refractivity contribution in [3.8, 4) is 0 Å². The van der Waals surface area contributed by atoms with Gasteiger partial charge in [0.1, 0.15) is 5.82 Å². The summed E-state index contributed by atoms with van der Waals surface area (Å²) in [6, 6.07) is 10.4. The van der Waals surface area contributed by atoms with Gasteiger partial charge in [-0.1, -0.05) is 12.1 Å². The molecule has 1 aliphatic rings. The number of amides is 4. The summed E-state index contributed by atoms with van der Waals surface area (Å²) in [6.07, 6.45) is 0.358.